The van der Waals surface area contributed by atoms with Gasteiger partial charge in [0.25, 0.3) is 5.91 Å². The number of pyridine rings is 1. The molecule has 0 atom stereocenters. The third-order valence-corrected chi connectivity index (χ3v) is 1.84. The first-order valence-corrected chi connectivity index (χ1v) is 4.84. The van der Waals surface area contributed by atoms with E-state index in [-0.39, 0.29) is 5.91 Å². The Morgan fingerprint density at radius 3 is 3.06 bits per heavy atom. The van der Waals surface area contributed by atoms with Crippen molar-refractivity contribution in [2.24, 2.45) is 5.73 Å². The van der Waals surface area contributed by atoms with Crippen molar-refractivity contribution < 1.29 is 14.4 Å². The van der Waals surface area contributed by atoms with Crippen LogP contribution in [0.25, 0.3) is 0 Å². The highest BCUT2D eigenvalue weighted by atomic mass is 16.7. The molecule has 0 saturated heterocycles. The molecule has 0 bridgehead atoms. The van der Waals surface area contributed by atoms with Crippen molar-refractivity contribution in [2.45, 2.75) is 6.54 Å². The topological polar surface area (TPSA) is 86.5 Å². The summed E-state index contributed by atoms with van der Waals surface area (Å²) in [5, 5.41) is 0. The summed E-state index contributed by atoms with van der Waals surface area (Å²) in [7, 11) is 1.56. The van der Waals surface area contributed by atoms with Gasteiger partial charge in [0, 0.05) is 25.4 Å². The third-order valence-electron chi connectivity index (χ3n) is 1.84. The second kappa shape index (κ2) is 6.89. The first-order chi connectivity index (χ1) is 7.77. The summed E-state index contributed by atoms with van der Waals surface area (Å²) in [4.78, 5) is 20.4. The Morgan fingerprint density at radius 2 is 2.38 bits per heavy atom. The molecule has 1 heterocycles. The summed E-state index contributed by atoms with van der Waals surface area (Å²) >= 11 is 0. The zero-order chi connectivity index (χ0) is 11.8. The van der Waals surface area contributed by atoms with E-state index in [1.54, 1.807) is 19.2 Å². The van der Waals surface area contributed by atoms with E-state index in [1.807, 2.05) is 0 Å². The Morgan fingerprint density at radius 1 is 1.56 bits per heavy atom. The molecule has 1 aromatic rings. The largest absolute Gasteiger partial charge is 0.382 e. The molecule has 88 valence electrons. The Bertz CT molecular complexity index is 344. The van der Waals surface area contributed by atoms with Crippen LogP contribution < -0.4 is 11.2 Å². The van der Waals surface area contributed by atoms with Crippen LogP contribution in [0.4, 0.5) is 0 Å². The monoisotopic (exact) mass is 225 g/mol. The summed E-state index contributed by atoms with van der Waals surface area (Å²) in [5.74, 6) is -0.326. The normalized spacial score (nSPS) is 10.1. The first kappa shape index (κ1) is 12.6. The lowest BCUT2D eigenvalue weighted by atomic mass is 10.2. The SMILES string of the molecule is COCCONC(=O)c1ccnc(CN)c1. The molecule has 0 aliphatic carbocycles. The molecule has 0 aliphatic heterocycles. The fourth-order valence-corrected chi connectivity index (χ4v) is 1.03. The number of hydrogen-bond acceptors (Lipinski definition) is 5. The van der Waals surface area contributed by atoms with Crippen LogP contribution in [0.3, 0.4) is 0 Å². The maximum absolute atomic E-state index is 11.5. The molecular formula is C10H15N3O3. The van der Waals surface area contributed by atoms with E-state index in [2.05, 4.69) is 10.5 Å². The van der Waals surface area contributed by atoms with Crippen molar-refractivity contribution in [1.29, 1.82) is 0 Å². The molecular weight excluding hydrogens is 210 g/mol. The van der Waals surface area contributed by atoms with Crippen molar-refractivity contribution in [3.63, 3.8) is 0 Å². The van der Waals surface area contributed by atoms with Crippen LogP contribution in [0.1, 0.15) is 16.1 Å². The van der Waals surface area contributed by atoms with Gasteiger partial charge in [0.15, 0.2) is 0 Å². The van der Waals surface area contributed by atoms with Crippen LogP contribution in [0.5, 0.6) is 0 Å². The lowest BCUT2D eigenvalue weighted by molar-refractivity contribution is 0.00887. The molecule has 6 heteroatoms. The Kier molecular flexibility index (Phi) is 5.41. The number of methoxy groups -OCH3 is 1. The van der Waals surface area contributed by atoms with Crippen LogP contribution in [0, 0.1) is 0 Å². The van der Waals surface area contributed by atoms with Gasteiger partial charge in [-0.25, -0.2) is 5.48 Å². The number of amides is 1. The van der Waals surface area contributed by atoms with Gasteiger partial charge in [-0.3, -0.25) is 14.6 Å². The van der Waals surface area contributed by atoms with Crippen molar-refractivity contribution >= 4 is 5.91 Å². The van der Waals surface area contributed by atoms with Gasteiger partial charge in [-0.2, -0.15) is 0 Å². The summed E-state index contributed by atoms with van der Waals surface area (Å²) in [5.41, 5.74) is 8.84. The van der Waals surface area contributed by atoms with Crippen LogP contribution >= 0.6 is 0 Å². The molecule has 1 aromatic heterocycles. The summed E-state index contributed by atoms with van der Waals surface area (Å²) in [6, 6.07) is 3.21. The number of aromatic nitrogens is 1. The second-order valence-corrected chi connectivity index (χ2v) is 3.01. The van der Waals surface area contributed by atoms with E-state index >= 15 is 0 Å². The fraction of sp³-hybridized carbons (Fsp3) is 0.400. The van der Waals surface area contributed by atoms with Crippen molar-refractivity contribution in [3.05, 3.63) is 29.6 Å². The van der Waals surface area contributed by atoms with Crippen LogP contribution in [-0.4, -0.2) is 31.2 Å². The van der Waals surface area contributed by atoms with E-state index in [9.17, 15) is 4.79 Å². The molecule has 1 rings (SSSR count). The number of ether oxygens (including phenoxy) is 1. The minimum atomic E-state index is -0.326. The molecule has 0 aromatic carbocycles. The molecule has 16 heavy (non-hydrogen) atoms. The highest BCUT2D eigenvalue weighted by Gasteiger charge is 2.05. The van der Waals surface area contributed by atoms with Gasteiger partial charge in [-0.05, 0) is 12.1 Å². The number of hydroxylamine groups is 1. The predicted molar refractivity (Wildman–Crippen MR) is 57.4 cm³/mol. The van der Waals surface area contributed by atoms with Gasteiger partial charge in [-0.1, -0.05) is 0 Å². The van der Waals surface area contributed by atoms with E-state index in [4.69, 9.17) is 15.3 Å². The van der Waals surface area contributed by atoms with Gasteiger partial charge in [0.1, 0.15) is 0 Å². The maximum atomic E-state index is 11.5. The quantitative estimate of drug-likeness (QED) is 0.519. The molecule has 3 N–H and O–H groups in total. The molecule has 0 fully saturated rings. The average molecular weight is 225 g/mol. The Hall–Kier alpha value is -1.50. The number of nitrogens with zero attached hydrogens (tertiary/aromatic N) is 1. The smallest absolute Gasteiger partial charge is 0.274 e. The molecule has 1 amide bonds. The number of nitrogens with two attached hydrogens (primary N) is 1. The molecule has 0 aliphatic rings. The van der Waals surface area contributed by atoms with Crippen LogP contribution in [0.15, 0.2) is 18.3 Å². The number of carbonyl (C=O) groups is 1. The summed E-state index contributed by atoms with van der Waals surface area (Å²) in [6.07, 6.45) is 1.53. The van der Waals surface area contributed by atoms with Crippen molar-refractivity contribution in [3.8, 4) is 0 Å². The van der Waals surface area contributed by atoms with Gasteiger partial charge in [0.2, 0.25) is 0 Å². The Labute approximate surface area is 93.7 Å². The number of rotatable bonds is 6. The van der Waals surface area contributed by atoms with Gasteiger partial charge in [0.05, 0.1) is 18.9 Å². The summed E-state index contributed by atoms with van der Waals surface area (Å²) in [6.45, 7) is 1.02. The third kappa shape index (κ3) is 3.93. The van der Waals surface area contributed by atoms with Gasteiger partial charge in [-0.15, -0.1) is 0 Å². The lowest BCUT2D eigenvalue weighted by Gasteiger charge is -2.05. The molecule has 6 nitrogen and oxygen atoms in total. The van der Waals surface area contributed by atoms with Gasteiger partial charge >= 0.3 is 0 Å². The number of hydrogen-bond donors (Lipinski definition) is 2. The molecule has 0 spiro atoms. The predicted octanol–water partition coefficient (Wildman–Crippen LogP) is -0.152. The number of nitrogens with one attached hydrogen (secondary N) is 1. The first-order valence-electron chi connectivity index (χ1n) is 4.84. The average Bonchev–Trinajstić information content (AvgIpc) is 2.34. The summed E-state index contributed by atoms with van der Waals surface area (Å²) < 4.78 is 4.76. The molecule has 0 radical (unpaired) electrons. The van der Waals surface area contributed by atoms with Crippen molar-refractivity contribution in [2.75, 3.05) is 20.3 Å². The second-order valence-electron chi connectivity index (χ2n) is 3.01. The van der Waals surface area contributed by atoms with E-state index in [1.165, 1.54) is 6.20 Å². The minimum absolute atomic E-state index is 0.297. The zero-order valence-corrected chi connectivity index (χ0v) is 9.10. The van der Waals surface area contributed by atoms with Crippen LogP contribution in [0.2, 0.25) is 0 Å². The standard InChI is InChI=1S/C10H15N3O3/c1-15-4-5-16-13-10(14)8-2-3-12-9(6-8)7-11/h2-3,6H,4-5,7,11H2,1H3,(H,13,14). The molecule has 0 saturated carbocycles. The van der Waals surface area contributed by atoms with E-state index in [0.29, 0.717) is 31.0 Å². The highest BCUT2D eigenvalue weighted by Crippen LogP contribution is 2.00. The van der Waals surface area contributed by atoms with Crippen LogP contribution in [-0.2, 0) is 16.1 Å². The zero-order valence-electron chi connectivity index (χ0n) is 9.10. The van der Waals surface area contributed by atoms with E-state index < -0.39 is 0 Å². The Balaban J connectivity index is 2.46. The highest BCUT2D eigenvalue weighted by molar-refractivity contribution is 5.93. The van der Waals surface area contributed by atoms with Crippen molar-refractivity contribution in [1.82, 2.24) is 10.5 Å². The van der Waals surface area contributed by atoms with E-state index in [0.717, 1.165) is 0 Å². The molecule has 0 unspecified atom stereocenters. The minimum Gasteiger partial charge on any atom is -0.382 e. The van der Waals surface area contributed by atoms with Gasteiger partial charge < -0.3 is 10.5 Å². The number of carbonyl (C=O) groups excluding carboxylic acids is 1. The fourth-order valence-electron chi connectivity index (χ4n) is 1.03. The maximum Gasteiger partial charge on any atom is 0.274 e. The lowest BCUT2D eigenvalue weighted by Crippen LogP contribution is -2.25.